The van der Waals surface area contributed by atoms with Gasteiger partial charge in [-0.15, -0.1) is 0 Å². The fourth-order valence-electron chi connectivity index (χ4n) is 4.97. The molecule has 37 heavy (non-hydrogen) atoms. The molecule has 6 nitrogen and oxygen atoms in total. The fourth-order valence-corrected chi connectivity index (χ4v) is 4.97. The van der Waals surface area contributed by atoms with Gasteiger partial charge in [-0.3, -0.25) is 0 Å². The van der Waals surface area contributed by atoms with E-state index in [1.54, 1.807) is 12.1 Å². The summed E-state index contributed by atoms with van der Waals surface area (Å²) in [6, 6.07) is 14.4. The highest BCUT2D eigenvalue weighted by Gasteiger charge is 2.22. The Morgan fingerprint density at radius 1 is 0.541 bits per heavy atom. The largest absolute Gasteiger partial charge is 0.507 e. The molecule has 0 aliphatic carbocycles. The SMILES string of the molecule is COc1c(O)ccc(Cc2ccc(O)c(OC)c2-c2cc(C)c(O)c(C)c2)c1-c1cc(C)c(O)c(C)c1. The van der Waals surface area contributed by atoms with Gasteiger partial charge in [-0.25, -0.2) is 0 Å². The lowest BCUT2D eigenvalue weighted by Gasteiger charge is -2.20. The first kappa shape index (κ1) is 25.8. The van der Waals surface area contributed by atoms with E-state index in [4.69, 9.17) is 9.47 Å². The third kappa shape index (κ3) is 4.62. The third-order valence-corrected chi connectivity index (χ3v) is 6.80. The molecule has 0 aromatic heterocycles. The molecule has 4 rings (SSSR count). The van der Waals surface area contributed by atoms with E-state index in [9.17, 15) is 20.4 Å². The fraction of sp³-hybridized carbons (Fsp3) is 0.226. The van der Waals surface area contributed by atoms with Gasteiger partial charge in [0.05, 0.1) is 14.2 Å². The molecule has 0 saturated heterocycles. The molecule has 192 valence electrons. The molecule has 4 N–H and O–H groups in total. The zero-order valence-corrected chi connectivity index (χ0v) is 21.9. The van der Waals surface area contributed by atoms with E-state index in [1.165, 1.54) is 14.2 Å². The Hall–Kier alpha value is -4.32. The lowest BCUT2D eigenvalue weighted by atomic mass is 9.88. The molecule has 0 spiro atoms. The van der Waals surface area contributed by atoms with Crippen molar-refractivity contribution < 1.29 is 29.9 Å². The summed E-state index contributed by atoms with van der Waals surface area (Å²) in [6.45, 7) is 7.33. The summed E-state index contributed by atoms with van der Waals surface area (Å²) >= 11 is 0. The van der Waals surface area contributed by atoms with Crippen LogP contribution in [0.4, 0.5) is 0 Å². The van der Waals surface area contributed by atoms with Crippen LogP contribution in [0.3, 0.4) is 0 Å². The van der Waals surface area contributed by atoms with E-state index in [0.29, 0.717) is 51.3 Å². The summed E-state index contributed by atoms with van der Waals surface area (Å²) < 4.78 is 11.3. The number of phenolic OH excluding ortho intramolecular Hbond substituents is 4. The van der Waals surface area contributed by atoms with Crippen LogP contribution in [0.15, 0.2) is 48.5 Å². The summed E-state index contributed by atoms with van der Waals surface area (Å²) in [7, 11) is 3.03. The van der Waals surface area contributed by atoms with E-state index < -0.39 is 0 Å². The van der Waals surface area contributed by atoms with E-state index in [0.717, 1.165) is 22.3 Å². The van der Waals surface area contributed by atoms with E-state index in [-0.39, 0.29) is 23.0 Å². The van der Waals surface area contributed by atoms with Crippen molar-refractivity contribution in [1.29, 1.82) is 0 Å². The average molecular weight is 501 g/mol. The monoisotopic (exact) mass is 500 g/mol. The number of methoxy groups -OCH3 is 2. The number of hydrogen-bond donors (Lipinski definition) is 4. The van der Waals surface area contributed by atoms with Gasteiger partial charge in [0, 0.05) is 11.1 Å². The number of ether oxygens (including phenoxy) is 2. The molecular weight excluding hydrogens is 468 g/mol. The van der Waals surface area contributed by atoms with Gasteiger partial charge < -0.3 is 29.9 Å². The summed E-state index contributed by atoms with van der Waals surface area (Å²) in [5.74, 6) is 1.16. The van der Waals surface area contributed by atoms with Crippen LogP contribution in [0, 0.1) is 27.7 Å². The highest BCUT2D eigenvalue weighted by molar-refractivity contribution is 5.82. The molecule has 0 saturated carbocycles. The zero-order valence-electron chi connectivity index (χ0n) is 21.9. The number of phenols is 4. The van der Waals surface area contributed by atoms with Crippen molar-refractivity contribution in [3.63, 3.8) is 0 Å². The molecule has 0 radical (unpaired) electrons. The summed E-state index contributed by atoms with van der Waals surface area (Å²) in [5.41, 5.74) is 7.65. The lowest BCUT2D eigenvalue weighted by molar-refractivity contribution is 0.374. The highest BCUT2D eigenvalue weighted by atomic mass is 16.5. The second-order valence-corrected chi connectivity index (χ2v) is 9.40. The first-order valence-electron chi connectivity index (χ1n) is 12.0. The summed E-state index contributed by atoms with van der Waals surface area (Å²) in [6.07, 6.45) is 0.426. The number of hydrogen-bond acceptors (Lipinski definition) is 6. The molecule has 0 atom stereocenters. The zero-order chi connectivity index (χ0) is 27.0. The minimum absolute atomic E-state index is 0.0120. The van der Waals surface area contributed by atoms with Crippen LogP contribution in [0.2, 0.25) is 0 Å². The Labute approximate surface area is 217 Å². The van der Waals surface area contributed by atoms with Gasteiger partial charge in [-0.1, -0.05) is 12.1 Å². The van der Waals surface area contributed by atoms with E-state index >= 15 is 0 Å². The molecule has 0 fully saturated rings. The van der Waals surface area contributed by atoms with Crippen LogP contribution in [-0.2, 0) is 6.42 Å². The Morgan fingerprint density at radius 2 is 0.865 bits per heavy atom. The van der Waals surface area contributed by atoms with Gasteiger partial charge in [0.25, 0.3) is 0 Å². The van der Waals surface area contributed by atoms with E-state index in [1.807, 2.05) is 64.1 Å². The number of aromatic hydroxyl groups is 4. The van der Waals surface area contributed by atoms with Gasteiger partial charge in [-0.05, 0) is 115 Å². The quantitative estimate of drug-likeness (QED) is 0.236. The Kier molecular flexibility index (Phi) is 6.94. The third-order valence-electron chi connectivity index (χ3n) is 6.80. The normalized spacial score (nSPS) is 11.0. The highest BCUT2D eigenvalue weighted by Crippen LogP contribution is 2.46. The molecule has 0 amide bonds. The van der Waals surface area contributed by atoms with Crippen LogP contribution in [0.5, 0.6) is 34.5 Å². The van der Waals surface area contributed by atoms with Crippen LogP contribution in [0.1, 0.15) is 33.4 Å². The standard InChI is InChI=1S/C31H32O6/c1-16-11-22(12-17(2)28(16)34)26-20(7-9-24(32)30(26)36-5)15-21-8-10-25(33)31(37-6)27(21)23-13-18(3)29(35)19(4)14-23/h7-14,32-35H,15H2,1-6H3. The Bertz CT molecular complexity index is 1340. The maximum absolute atomic E-state index is 10.6. The second kappa shape index (κ2) is 9.97. The van der Waals surface area contributed by atoms with Crippen molar-refractivity contribution >= 4 is 0 Å². The lowest BCUT2D eigenvalue weighted by Crippen LogP contribution is -2.01. The van der Waals surface area contributed by atoms with Crippen molar-refractivity contribution in [2.75, 3.05) is 14.2 Å². The molecule has 0 unspecified atom stereocenters. The molecular formula is C31H32O6. The number of rotatable bonds is 6. The molecule has 4 aromatic carbocycles. The van der Waals surface area contributed by atoms with Crippen molar-refractivity contribution in [3.05, 3.63) is 81.9 Å². The van der Waals surface area contributed by atoms with Crippen molar-refractivity contribution in [2.24, 2.45) is 0 Å². The number of benzene rings is 4. The predicted octanol–water partition coefficient (Wildman–Crippen LogP) is 6.68. The molecule has 0 heterocycles. The smallest absolute Gasteiger partial charge is 0.168 e. The van der Waals surface area contributed by atoms with Crippen LogP contribution in [-0.4, -0.2) is 34.6 Å². The van der Waals surface area contributed by atoms with Crippen molar-refractivity contribution in [1.82, 2.24) is 0 Å². The van der Waals surface area contributed by atoms with Gasteiger partial charge in [0.1, 0.15) is 11.5 Å². The Balaban J connectivity index is 1.98. The van der Waals surface area contributed by atoms with Gasteiger partial charge in [0.2, 0.25) is 0 Å². The minimum Gasteiger partial charge on any atom is -0.507 e. The van der Waals surface area contributed by atoms with Crippen LogP contribution in [0.25, 0.3) is 22.3 Å². The second-order valence-electron chi connectivity index (χ2n) is 9.40. The molecule has 6 heteroatoms. The van der Waals surface area contributed by atoms with Crippen molar-refractivity contribution in [2.45, 2.75) is 34.1 Å². The first-order valence-corrected chi connectivity index (χ1v) is 12.0. The average Bonchev–Trinajstić information content (AvgIpc) is 2.86. The van der Waals surface area contributed by atoms with E-state index in [2.05, 4.69) is 0 Å². The topological polar surface area (TPSA) is 99.4 Å². The molecule has 0 bridgehead atoms. The predicted molar refractivity (Wildman–Crippen MR) is 145 cm³/mol. The minimum atomic E-state index is 0.0120. The van der Waals surface area contributed by atoms with Gasteiger partial charge in [-0.2, -0.15) is 0 Å². The summed E-state index contributed by atoms with van der Waals surface area (Å²) in [4.78, 5) is 0. The van der Waals surface area contributed by atoms with Gasteiger partial charge in [0.15, 0.2) is 23.0 Å². The Morgan fingerprint density at radius 3 is 1.16 bits per heavy atom. The molecule has 4 aromatic rings. The van der Waals surface area contributed by atoms with Crippen LogP contribution >= 0.6 is 0 Å². The van der Waals surface area contributed by atoms with Crippen LogP contribution < -0.4 is 9.47 Å². The summed E-state index contributed by atoms with van der Waals surface area (Å²) in [5, 5.41) is 41.9. The molecule has 0 aliphatic heterocycles. The maximum atomic E-state index is 10.6. The first-order chi connectivity index (χ1) is 17.6. The van der Waals surface area contributed by atoms with Crippen molar-refractivity contribution in [3.8, 4) is 56.8 Å². The number of aryl methyl sites for hydroxylation is 4. The van der Waals surface area contributed by atoms with Gasteiger partial charge >= 0.3 is 0 Å². The molecule has 0 aliphatic rings. The maximum Gasteiger partial charge on any atom is 0.168 e.